The molecule has 1 aliphatic heterocycles. The standard InChI is InChI=1S/C25H20BrNO3/c26-20-12-6-11-19(16-20)23(28)17-25(30)21-13-4-5-14-22(21)27(24(25)29)15-7-10-18-8-2-1-3-9-18/h1-14,16,30H,15,17H2/b10-7+. The molecule has 0 radical (unpaired) electrons. The van der Waals surface area contributed by atoms with Crippen LogP contribution in [-0.4, -0.2) is 23.3 Å². The van der Waals surface area contributed by atoms with Gasteiger partial charge in [-0.15, -0.1) is 0 Å². The lowest BCUT2D eigenvalue weighted by Crippen LogP contribution is -2.42. The molecule has 30 heavy (non-hydrogen) atoms. The number of aliphatic hydroxyl groups is 1. The molecule has 0 spiro atoms. The number of hydrogen-bond acceptors (Lipinski definition) is 3. The van der Waals surface area contributed by atoms with Gasteiger partial charge in [-0.05, 0) is 23.8 Å². The lowest BCUT2D eigenvalue weighted by Gasteiger charge is -2.22. The summed E-state index contributed by atoms with van der Waals surface area (Å²) >= 11 is 3.35. The van der Waals surface area contributed by atoms with Crippen molar-refractivity contribution >= 4 is 39.4 Å². The molecule has 1 N–H and O–H groups in total. The molecule has 3 aromatic rings. The van der Waals surface area contributed by atoms with Crippen LogP contribution in [0.15, 0.2) is 89.4 Å². The number of para-hydroxylation sites is 1. The molecule has 4 rings (SSSR count). The van der Waals surface area contributed by atoms with Crippen molar-refractivity contribution in [3.8, 4) is 0 Å². The third-order valence-electron chi connectivity index (χ3n) is 5.20. The first-order valence-corrected chi connectivity index (χ1v) is 10.4. The summed E-state index contributed by atoms with van der Waals surface area (Å²) in [6.45, 7) is 0.304. The molecular formula is C25H20BrNO3. The quantitative estimate of drug-likeness (QED) is 0.527. The van der Waals surface area contributed by atoms with Crippen LogP contribution >= 0.6 is 15.9 Å². The van der Waals surface area contributed by atoms with Crippen LogP contribution in [0.2, 0.25) is 0 Å². The average molecular weight is 462 g/mol. The van der Waals surface area contributed by atoms with Gasteiger partial charge in [0.1, 0.15) is 0 Å². The van der Waals surface area contributed by atoms with Crippen LogP contribution in [0.4, 0.5) is 5.69 Å². The Morgan fingerprint density at radius 2 is 1.73 bits per heavy atom. The van der Waals surface area contributed by atoms with Crippen LogP contribution in [0.5, 0.6) is 0 Å². The summed E-state index contributed by atoms with van der Waals surface area (Å²) in [5, 5.41) is 11.4. The zero-order valence-electron chi connectivity index (χ0n) is 16.2. The highest BCUT2D eigenvalue weighted by Gasteiger charge is 2.50. The van der Waals surface area contributed by atoms with E-state index in [2.05, 4.69) is 15.9 Å². The zero-order valence-corrected chi connectivity index (χ0v) is 17.7. The van der Waals surface area contributed by atoms with E-state index < -0.39 is 11.5 Å². The maximum Gasteiger partial charge on any atom is 0.264 e. The summed E-state index contributed by atoms with van der Waals surface area (Å²) in [4.78, 5) is 27.6. The Morgan fingerprint density at radius 3 is 2.50 bits per heavy atom. The van der Waals surface area contributed by atoms with Crippen molar-refractivity contribution in [2.24, 2.45) is 0 Å². The number of amides is 1. The molecule has 0 fully saturated rings. The first kappa shape index (κ1) is 20.3. The fourth-order valence-electron chi connectivity index (χ4n) is 3.71. The maximum atomic E-state index is 13.2. The first-order chi connectivity index (χ1) is 14.5. The van der Waals surface area contributed by atoms with E-state index in [9.17, 15) is 14.7 Å². The topological polar surface area (TPSA) is 57.6 Å². The highest BCUT2D eigenvalue weighted by Crippen LogP contribution is 2.42. The minimum atomic E-state index is -1.88. The summed E-state index contributed by atoms with van der Waals surface area (Å²) in [7, 11) is 0. The number of Topliss-reactive ketones (excluding diaryl/α,β-unsaturated/α-hetero) is 1. The van der Waals surface area contributed by atoms with Crippen LogP contribution in [0.1, 0.15) is 27.9 Å². The van der Waals surface area contributed by atoms with E-state index in [0.717, 1.165) is 10.0 Å². The number of nitrogens with zero attached hydrogens (tertiary/aromatic N) is 1. The maximum absolute atomic E-state index is 13.2. The van der Waals surface area contributed by atoms with Crippen molar-refractivity contribution in [1.82, 2.24) is 0 Å². The van der Waals surface area contributed by atoms with Crippen LogP contribution in [0.25, 0.3) is 6.08 Å². The Kier molecular flexibility index (Phi) is 5.66. The van der Waals surface area contributed by atoms with Gasteiger partial charge in [0.15, 0.2) is 11.4 Å². The summed E-state index contributed by atoms with van der Waals surface area (Å²) < 4.78 is 0.770. The molecule has 1 unspecified atom stereocenters. The van der Waals surface area contributed by atoms with Crippen molar-refractivity contribution in [3.05, 3.63) is 106 Å². The van der Waals surface area contributed by atoms with Crippen molar-refractivity contribution in [1.29, 1.82) is 0 Å². The molecule has 0 saturated carbocycles. The van der Waals surface area contributed by atoms with Crippen LogP contribution in [-0.2, 0) is 10.4 Å². The molecule has 5 heteroatoms. The molecule has 0 aliphatic carbocycles. The molecule has 3 aromatic carbocycles. The largest absolute Gasteiger partial charge is 0.375 e. The molecule has 1 aliphatic rings. The fourth-order valence-corrected chi connectivity index (χ4v) is 4.11. The molecule has 4 nitrogen and oxygen atoms in total. The van der Waals surface area contributed by atoms with E-state index in [1.165, 1.54) is 4.90 Å². The van der Waals surface area contributed by atoms with E-state index in [1.807, 2.05) is 54.6 Å². The molecule has 150 valence electrons. The fraction of sp³-hybridized carbons (Fsp3) is 0.120. The zero-order chi connectivity index (χ0) is 21.1. The average Bonchev–Trinajstić information content (AvgIpc) is 2.96. The Hall–Kier alpha value is -3.02. The summed E-state index contributed by atoms with van der Waals surface area (Å²) in [6.07, 6.45) is 3.50. The van der Waals surface area contributed by atoms with E-state index >= 15 is 0 Å². The Labute approximate surface area is 183 Å². The third kappa shape index (κ3) is 3.86. The predicted molar refractivity (Wildman–Crippen MR) is 121 cm³/mol. The lowest BCUT2D eigenvalue weighted by molar-refractivity contribution is -0.135. The van der Waals surface area contributed by atoms with Crippen molar-refractivity contribution in [2.45, 2.75) is 12.0 Å². The van der Waals surface area contributed by atoms with Gasteiger partial charge in [0.25, 0.3) is 5.91 Å². The Bertz CT molecular complexity index is 1130. The number of rotatable bonds is 6. The molecular weight excluding hydrogens is 442 g/mol. The lowest BCUT2D eigenvalue weighted by atomic mass is 9.88. The van der Waals surface area contributed by atoms with Gasteiger partial charge in [0.05, 0.1) is 12.1 Å². The van der Waals surface area contributed by atoms with Gasteiger partial charge in [0.2, 0.25) is 0 Å². The van der Waals surface area contributed by atoms with E-state index in [0.29, 0.717) is 23.4 Å². The normalized spacial score (nSPS) is 18.1. The van der Waals surface area contributed by atoms with Crippen LogP contribution in [0.3, 0.4) is 0 Å². The highest BCUT2D eigenvalue weighted by atomic mass is 79.9. The molecule has 1 heterocycles. The third-order valence-corrected chi connectivity index (χ3v) is 5.69. The number of fused-ring (bicyclic) bond motifs is 1. The van der Waals surface area contributed by atoms with E-state index in [-0.39, 0.29) is 12.2 Å². The molecule has 1 atom stereocenters. The van der Waals surface area contributed by atoms with Gasteiger partial charge in [-0.3, -0.25) is 9.59 Å². The molecule has 0 saturated heterocycles. The Morgan fingerprint density at radius 1 is 1.00 bits per heavy atom. The summed E-state index contributed by atoms with van der Waals surface area (Å²) in [6, 6.07) is 23.8. The van der Waals surface area contributed by atoms with Crippen molar-refractivity contribution in [2.75, 3.05) is 11.4 Å². The molecule has 0 aromatic heterocycles. The SMILES string of the molecule is O=C(CC1(O)C(=O)N(C/C=C/c2ccccc2)c2ccccc21)c1cccc(Br)c1. The van der Waals surface area contributed by atoms with Gasteiger partial charge < -0.3 is 10.0 Å². The number of carbonyl (C=O) groups excluding carboxylic acids is 2. The van der Waals surface area contributed by atoms with Gasteiger partial charge in [-0.2, -0.15) is 0 Å². The second-order valence-electron chi connectivity index (χ2n) is 7.22. The van der Waals surface area contributed by atoms with Gasteiger partial charge in [-0.25, -0.2) is 0 Å². The number of ketones is 1. The van der Waals surface area contributed by atoms with E-state index in [4.69, 9.17) is 0 Å². The number of halogens is 1. The second kappa shape index (κ2) is 8.38. The smallest absolute Gasteiger partial charge is 0.264 e. The minimum Gasteiger partial charge on any atom is -0.375 e. The number of carbonyl (C=O) groups is 2. The monoisotopic (exact) mass is 461 g/mol. The van der Waals surface area contributed by atoms with Crippen LogP contribution in [0, 0.1) is 0 Å². The summed E-state index contributed by atoms with van der Waals surface area (Å²) in [5.74, 6) is -0.770. The van der Waals surface area contributed by atoms with Crippen molar-refractivity contribution < 1.29 is 14.7 Å². The highest BCUT2D eigenvalue weighted by molar-refractivity contribution is 9.10. The molecule has 0 bridgehead atoms. The van der Waals surface area contributed by atoms with Gasteiger partial charge in [0, 0.05) is 22.1 Å². The van der Waals surface area contributed by atoms with E-state index in [1.54, 1.807) is 36.4 Å². The number of hydrogen-bond donors (Lipinski definition) is 1. The molecule has 1 amide bonds. The second-order valence-corrected chi connectivity index (χ2v) is 8.13. The minimum absolute atomic E-state index is 0.288. The number of benzene rings is 3. The van der Waals surface area contributed by atoms with Crippen LogP contribution < -0.4 is 4.90 Å². The van der Waals surface area contributed by atoms with Gasteiger partial charge in [-0.1, -0.05) is 88.7 Å². The summed E-state index contributed by atoms with van der Waals surface area (Å²) in [5.41, 5.74) is 0.690. The first-order valence-electron chi connectivity index (χ1n) is 9.63. The Balaban J connectivity index is 1.60. The predicted octanol–water partition coefficient (Wildman–Crippen LogP) is 4.97. The van der Waals surface area contributed by atoms with Crippen molar-refractivity contribution in [3.63, 3.8) is 0 Å². The van der Waals surface area contributed by atoms with Gasteiger partial charge >= 0.3 is 0 Å². The number of anilines is 1.